The largest absolute Gasteiger partial charge is 0.416 e. The smallest absolute Gasteiger partial charge is 0.325 e. The molecule has 0 aliphatic carbocycles. The number of rotatable bonds is 3. The Morgan fingerprint density at radius 1 is 0.839 bits per heavy atom. The number of aromatic nitrogens is 1. The van der Waals surface area contributed by atoms with Gasteiger partial charge in [0.05, 0.1) is 16.5 Å². The Balaban J connectivity index is 1.81. The van der Waals surface area contributed by atoms with Crippen molar-refractivity contribution in [2.45, 2.75) is 12.7 Å². The number of hydrogen-bond donors (Lipinski definition) is 1. The van der Waals surface area contributed by atoms with E-state index in [-0.39, 0.29) is 32.8 Å². The number of carbonyl (C=O) groups is 1. The highest BCUT2D eigenvalue weighted by Crippen LogP contribution is 2.30. The molecular weight excluding hydrogens is 409 g/mol. The zero-order chi connectivity index (χ0) is 22.2. The number of alkyl halides is 3. The molecule has 1 heterocycles. The van der Waals surface area contributed by atoms with Crippen LogP contribution in [0.25, 0.3) is 21.7 Å². The monoisotopic (exact) mass is 424 g/mol. The number of para-hydroxylation sites is 1. The molecule has 0 aliphatic rings. The van der Waals surface area contributed by atoms with Crippen LogP contribution in [-0.2, 0) is 17.5 Å². The maximum atomic E-state index is 13.2. The number of hydrogen-bond acceptors (Lipinski definition) is 3. The summed E-state index contributed by atoms with van der Waals surface area (Å²) >= 11 is 0. The molecule has 0 aliphatic heterocycles. The maximum absolute atomic E-state index is 13.2. The van der Waals surface area contributed by atoms with E-state index in [0.29, 0.717) is 0 Å². The molecule has 156 valence electrons. The molecule has 0 spiro atoms. The minimum atomic E-state index is -4.55. The second-order valence-corrected chi connectivity index (χ2v) is 6.91. The Labute approximate surface area is 173 Å². The van der Waals surface area contributed by atoms with Gasteiger partial charge in [-0.25, -0.2) is 0 Å². The van der Waals surface area contributed by atoms with E-state index in [1.54, 1.807) is 42.5 Å². The average molecular weight is 424 g/mol. The lowest BCUT2D eigenvalue weighted by atomic mass is 10.1. The molecule has 0 saturated heterocycles. The third-order valence-electron chi connectivity index (χ3n) is 4.86. The number of carbonyl (C=O) groups excluding carboxylic acids is 1. The SMILES string of the molecule is O=C(Cn1c(=O)c2ccccc2c(=O)c2ccccc21)Nc1cccc(C(F)(F)F)c1. The Hall–Kier alpha value is -3.94. The number of nitrogens with one attached hydrogen (secondary N) is 1. The first-order valence-corrected chi connectivity index (χ1v) is 9.27. The van der Waals surface area contributed by atoms with Gasteiger partial charge in [0.25, 0.3) is 5.56 Å². The Morgan fingerprint density at radius 3 is 2.19 bits per heavy atom. The summed E-state index contributed by atoms with van der Waals surface area (Å²) in [6.07, 6.45) is -4.55. The van der Waals surface area contributed by atoms with E-state index in [1.165, 1.54) is 18.2 Å². The van der Waals surface area contributed by atoms with E-state index in [0.717, 1.165) is 16.7 Å². The molecule has 8 heteroatoms. The van der Waals surface area contributed by atoms with Gasteiger partial charge in [-0.15, -0.1) is 0 Å². The molecule has 31 heavy (non-hydrogen) atoms. The van der Waals surface area contributed by atoms with Crippen LogP contribution in [0.2, 0.25) is 0 Å². The lowest BCUT2D eigenvalue weighted by Crippen LogP contribution is -2.27. The van der Waals surface area contributed by atoms with Crippen molar-refractivity contribution >= 4 is 33.3 Å². The molecule has 1 amide bonds. The zero-order valence-corrected chi connectivity index (χ0v) is 15.9. The van der Waals surface area contributed by atoms with Crippen molar-refractivity contribution in [3.63, 3.8) is 0 Å². The Kier molecular flexibility index (Phi) is 5.06. The van der Waals surface area contributed by atoms with Crippen LogP contribution in [0.3, 0.4) is 0 Å². The van der Waals surface area contributed by atoms with Gasteiger partial charge in [-0.1, -0.05) is 36.4 Å². The van der Waals surface area contributed by atoms with Gasteiger partial charge in [-0.2, -0.15) is 13.2 Å². The number of benzene rings is 3. The van der Waals surface area contributed by atoms with Gasteiger partial charge >= 0.3 is 6.18 Å². The summed E-state index contributed by atoms with van der Waals surface area (Å²) in [6, 6.07) is 16.9. The van der Waals surface area contributed by atoms with Crippen LogP contribution in [0.15, 0.2) is 82.4 Å². The van der Waals surface area contributed by atoms with Crippen molar-refractivity contribution in [1.82, 2.24) is 4.57 Å². The van der Waals surface area contributed by atoms with Crippen LogP contribution >= 0.6 is 0 Å². The molecule has 5 nitrogen and oxygen atoms in total. The maximum Gasteiger partial charge on any atom is 0.416 e. The summed E-state index contributed by atoms with van der Waals surface area (Å²) in [4.78, 5) is 38.7. The van der Waals surface area contributed by atoms with Crippen LogP contribution in [-0.4, -0.2) is 10.5 Å². The van der Waals surface area contributed by atoms with E-state index < -0.39 is 29.8 Å². The lowest BCUT2D eigenvalue weighted by molar-refractivity contribution is -0.137. The van der Waals surface area contributed by atoms with Crippen molar-refractivity contribution in [3.05, 3.63) is 98.9 Å². The van der Waals surface area contributed by atoms with Gasteiger partial charge in [0.2, 0.25) is 5.91 Å². The van der Waals surface area contributed by atoms with Gasteiger partial charge in [-0.3, -0.25) is 19.0 Å². The van der Waals surface area contributed by atoms with E-state index in [4.69, 9.17) is 0 Å². The van der Waals surface area contributed by atoms with Crippen LogP contribution in [0.4, 0.5) is 18.9 Å². The van der Waals surface area contributed by atoms with Crippen molar-refractivity contribution in [2.24, 2.45) is 0 Å². The molecule has 1 N–H and O–H groups in total. The number of nitrogens with zero attached hydrogens (tertiary/aromatic N) is 1. The number of halogens is 3. The van der Waals surface area contributed by atoms with Gasteiger partial charge in [-0.05, 0) is 36.4 Å². The summed E-state index contributed by atoms with van der Waals surface area (Å²) in [5, 5.41) is 3.02. The summed E-state index contributed by atoms with van der Waals surface area (Å²) in [5.74, 6) is -0.700. The molecule has 0 saturated carbocycles. The second-order valence-electron chi connectivity index (χ2n) is 6.91. The van der Waals surface area contributed by atoms with Gasteiger partial charge in [0.15, 0.2) is 5.43 Å². The number of amides is 1. The third kappa shape index (κ3) is 3.92. The first-order chi connectivity index (χ1) is 14.8. The lowest BCUT2D eigenvalue weighted by Gasteiger charge is -2.11. The second kappa shape index (κ2) is 7.71. The standard InChI is InChI=1S/C23H15F3N2O3/c24-23(25,26)14-6-5-7-15(12-14)27-20(29)13-28-19-11-4-3-10-18(19)21(30)16-8-1-2-9-17(16)22(28)31/h1-12H,13H2,(H,27,29). The molecular formula is C23H15F3N2O3. The summed E-state index contributed by atoms with van der Waals surface area (Å²) in [7, 11) is 0. The minimum absolute atomic E-state index is 0.0492. The highest BCUT2D eigenvalue weighted by molar-refractivity contribution is 5.94. The molecule has 3 aromatic carbocycles. The van der Waals surface area contributed by atoms with Crippen molar-refractivity contribution in [2.75, 3.05) is 5.32 Å². The molecule has 4 aromatic rings. The van der Waals surface area contributed by atoms with E-state index in [9.17, 15) is 27.6 Å². The van der Waals surface area contributed by atoms with Crippen LogP contribution < -0.4 is 16.3 Å². The number of anilines is 1. The summed E-state index contributed by atoms with van der Waals surface area (Å²) < 4.78 is 39.9. The quantitative estimate of drug-likeness (QED) is 0.537. The minimum Gasteiger partial charge on any atom is -0.325 e. The van der Waals surface area contributed by atoms with Crippen LogP contribution in [0.1, 0.15) is 5.56 Å². The molecule has 0 bridgehead atoms. The average Bonchev–Trinajstić information content (AvgIpc) is 2.83. The molecule has 1 aromatic heterocycles. The molecule has 0 radical (unpaired) electrons. The van der Waals surface area contributed by atoms with E-state index >= 15 is 0 Å². The molecule has 0 atom stereocenters. The predicted molar refractivity (Wildman–Crippen MR) is 112 cm³/mol. The Bertz CT molecular complexity index is 1440. The van der Waals surface area contributed by atoms with Crippen molar-refractivity contribution < 1.29 is 18.0 Å². The van der Waals surface area contributed by atoms with Gasteiger partial charge < -0.3 is 5.32 Å². The van der Waals surface area contributed by atoms with Gasteiger partial charge in [0.1, 0.15) is 6.54 Å². The fourth-order valence-corrected chi connectivity index (χ4v) is 3.44. The normalized spacial score (nSPS) is 11.6. The topological polar surface area (TPSA) is 68.2 Å². The van der Waals surface area contributed by atoms with Crippen LogP contribution in [0.5, 0.6) is 0 Å². The number of fused-ring (bicyclic) bond motifs is 2. The zero-order valence-electron chi connectivity index (χ0n) is 15.9. The summed E-state index contributed by atoms with van der Waals surface area (Å²) in [6.45, 7) is -0.478. The highest BCUT2D eigenvalue weighted by Gasteiger charge is 2.30. The first kappa shape index (κ1) is 20.3. The molecule has 0 unspecified atom stereocenters. The van der Waals surface area contributed by atoms with E-state index in [1.807, 2.05) is 0 Å². The molecule has 4 rings (SSSR count). The van der Waals surface area contributed by atoms with Crippen molar-refractivity contribution in [3.8, 4) is 0 Å². The fraction of sp³-hybridized carbons (Fsp3) is 0.0870. The van der Waals surface area contributed by atoms with Crippen molar-refractivity contribution in [1.29, 1.82) is 0 Å². The Morgan fingerprint density at radius 2 is 1.48 bits per heavy atom. The van der Waals surface area contributed by atoms with Crippen LogP contribution in [0, 0.1) is 0 Å². The fourth-order valence-electron chi connectivity index (χ4n) is 3.44. The molecule has 0 fully saturated rings. The first-order valence-electron chi connectivity index (χ1n) is 9.27. The predicted octanol–water partition coefficient (Wildman–Crippen LogP) is 4.17. The van der Waals surface area contributed by atoms with E-state index in [2.05, 4.69) is 5.32 Å². The summed E-state index contributed by atoms with van der Waals surface area (Å²) in [5.41, 5.74) is -1.59. The van der Waals surface area contributed by atoms with Gasteiger partial charge in [0, 0.05) is 16.5 Å². The third-order valence-corrected chi connectivity index (χ3v) is 4.86. The highest BCUT2D eigenvalue weighted by atomic mass is 19.4.